The van der Waals surface area contributed by atoms with Gasteiger partial charge in [-0.2, -0.15) is 0 Å². The van der Waals surface area contributed by atoms with E-state index in [1.54, 1.807) is 0 Å². The molecule has 1 aromatic carbocycles. The van der Waals surface area contributed by atoms with Crippen LogP contribution >= 0.6 is 0 Å². The highest BCUT2D eigenvalue weighted by atomic mass is 16.3. The number of aliphatic hydroxyl groups excluding tert-OH is 1. The van der Waals surface area contributed by atoms with Gasteiger partial charge in [0.25, 0.3) is 0 Å². The van der Waals surface area contributed by atoms with Crippen LogP contribution in [0, 0.1) is 0 Å². The van der Waals surface area contributed by atoms with Crippen LogP contribution < -0.4 is 5.32 Å². The van der Waals surface area contributed by atoms with Gasteiger partial charge in [-0.15, -0.1) is 0 Å². The number of benzene rings is 1. The maximum Gasteiger partial charge on any atom is 0.318 e. The lowest BCUT2D eigenvalue weighted by molar-refractivity contribution is 0.141. The first-order valence-corrected chi connectivity index (χ1v) is 8.93. The molecule has 0 heterocycles. The Hall–Kier alpha value is -1.59. The van der Waals surface area contributed by atoms with Crippen molar-refractivity contribution in [1.29, 1.82) is 0 Å². The van der Waals surface area contributed by atoms with Crippen LogP contribution in [0.5, 0.6) is 0 Å². The van der Waals surface area contributed by atoms with Gasteiger partial charge in [0.2, 0.25) is 0 Å². The van der Waals surface area contributed by atoms with Crippen molar-refractivity contribution in [3.05, 3.63) is 35.4 Å². The molecule has 2 rings (SSSR count). The third kappa shape index (κ3) is 4.95. The molecule has 0 saturated heterocycles. The lowest BCUT2D eigenvalue weighted by atomic mass is 9.87. The van der Waals surface area contributed by atoms with Crippen LogP contribution in [0.25, 0.3) is 0 Å². The van der Waals surface area contributed by atoms with Crippen molar-refractivity contribution in [2.24, 2.45) is 0 Å². The Morgan fingerprint density at radius 2 is 2.08 bits per heavy atom. The number of carbonyl (C=O) groups is 1. The number of aryl methyl sites for hydroxylation is 1. The van der Waals surface area contributed by atoms with E-state index < -0.39 is 0 Å². The van der Waals surface area contributed by atoms with Gasteiger partial charge in [-0.1, -0.05) is 24.3 Å². The molecule has 1 aromatic rings. The van der Waals surface area contributed by atoms with E-state index in [2.05, 4.69) is 28.4 Å². The zero-order chi connectivity index (χ0) is 17.5. The summed E-state index contributed by atoms with van der Waals surface area (Å²) in [6.07, 6.45) is 4.01. The minimum Gasteiger partial charge on any atom is -0.395 e. The van der Waals surface area contributed by atoms with Gasteiger partial charge in [0, 0.05) is 12.6 Å². The van der Waals surface area contributed by atoms with Crippen molar-refractivity contribution >= 4 is 6.03 Å². The number of nitrogens with one attached hydrogen (secondary N) is 1. The second-order valence-electron chi connectivity index (χ2n) is 6.97. The molecule has 2 N–H and O–H groups in total. The van der Waals surface area contributed by atoms with Gasteiger partial charge in [0.15, 0.2) is 0 Å². The van der Waals surface area contributed by atoms with Gasteiger partial charge in [-0.3, -0.25) is 0 Å². The molecule has 0 radical (unpaired) electrons. The summed E-state index contributed by atoms with van der Waals surface area (Å²) in [5.41, 5.74) is 2.55. The van der Waals surface area contributed by atoms with Crippen molar-refractivity contribution in [3.8, 4) is 0 Å². The summed E-state index contributed by atoms with van der Waals surface area (Å²) in [5.74, 6) is 0. The maximum absolute atomic E-state index is 12.8. The standard InChI is InChI=1S/C19H31N3O2/c1-15(11-12-21(2)3)20-19(24)22(13-14-23)18-10-6-8-16-7-4-5-9-17(16)18/h4-5,7,9,15,18,23H,6,8,10-14H2,1-3H3,(H,20,24). The second kappa shape index (κ2) is 9.04. The van der Waals surface area contributed by atoms with Crippen molar-refractivity contribution in [1.82, 2.24) is 15.1 Å². The van der Waals surface area contributed by atoms with E-state index in [0.717, 1.165) is 32.2 Å². The van der Waals surface area contributed by atoms with Crippen molar-refractivity contribution in [3.63, 3.8) is 0 Å². The largest absolute Gasteiger partial charge is 0.395 e. The molecule has 0 aliphatic heterocycles. The number of rotatable bonds is 7. The average molecular weight is 333 g/mol. The highest BCUT2D eigenvalue weighted by Gasteiger charge is 2.29. The normalized spacial score (nSPS) is 18.1. The molecular weight excluding hydrogens is 302 g/mol. The van der Waals surface area contributed by atoms with Crippen LogP contribution in [0.1, 0.15) is 43.4 Å². The average Bonchev–Trinajstić information content (AvgIpc) is 2.57. The molecule has 5 heteroatoms. The summed E-state index contributed by atoms with van der Waals surface area (Å²) >= 11 is 0. The molecule has 5 nitrogen and oxygen atoms in total. The minimum absolute atomic E-state index is 0.0157. The van der Waals surface area contributed by atoms with E-state index in [0.29, 0.717) is 6.54 Å². The molecule has 1 aliphatic rings. The molecule has 2 amide bonds. The molecule has 2 atom stereocenters. The van der Waals surface area contributed by atoms with Crippen LogP contribution in [0.15, 0.2) is 24.3 Å². The topological polar surface area (TPSA) is 55.8 Å². The molecule has 0 spiro atoms. The Kier molecular flexibility index (Phi) is 7.06. The number of nitrogens with zero attached hydrogens (tertiary/aromatic N) is 2. The van der Waals surface area contributed by atoms with Crippen LogP contribution in [-0.4, -0.2) is 60.8 Å². The minimum atomic E-state index is -0.0722. The Morgan fingerprint density at radius 3 is 2.79 bits per heavy atom. The van der Waals surface area contributed by atoms with E-state index >= 15 is 0 Å². The van der Waals surface area contributed by atoms with Gasteiger partial charge in [-0.05, 0) is 64.4 Å². The van der Waals surface area contributed by atoms with Crippen molar-refractivity contribution in [2.75, 3.05) is 33.8 Å². The third-order valence-electron chi connectivity index (χ3n) is 4.69. The fourth-order valence-electron chi connectivity index (χ4n) is 3.38. The highest BCUT2D eigenvalue weighted by molar-refractivity contribution is 5.75. The summed E-state index contributed by atoms with van der Waals surface area (Å²) in [5, 5.41) is 12.5. The fourth-order valence-corrected chi connectivity index (χ4v) is 3.38. The fraction of sp³-hybridized carbons (Fsp3) is 0.632. The summed E-state index contributed by atoms with van der Waals surface area (Å²) in [6, 6.07) is 8.45. The van der Waals surface area contributed by atoms with Crippen LogP contribution in [-0.2, 0) is 6.42 Å². The first kappa shape index (κ1) is 18.7. The van der Waals surface area contributed by atoms with Gasteiger partial charge < -0.3 is 20.2 Å². The summed E-state index contributed by atoms with van der Waals surface area (Å²) in [7, 11) is 4.07. The van der Waals surface area contributed by atoms with E-state index in [4.69, 9.17) is 0 Å². The zero-order valence-corrected chi connectivity index (χ0v) is 15.2. The summed E-state index contributed by atoms with van der Waals surface area (Å²) in [4.78, 5) is 16.7. The summed E-state index contributed by atoms with van der Waals surface area (Å²) < 4.78 is 0. The molecule has 2 unspecified atom stereocenters. The number of fused-ring (bicyclic) bond motifs is 1. The van der Waals surface area contributed by atoms with Gasteiger partial charge in [0.1, 0.15) is 0 Å². The van der Waals surface area contributed by atoms with Crippen molar-refractivity contribution in [2.45, 2.75) is 44.7 Å². The monoisotopic (exact) mass is 333 g/mol. The molecule has 0 aromatic heterocycles. The van der Waals surface area contributed by atoms with E-state index in [9.17, 15) is 9.90 Å². The molecule has 0 bridgehead atoms. The molecule has 24 heavy (non-hydrogen) atoms. The number of hydrogen-bond acceptors (Lipinski definition) is 3. The molecule has 134 valence electrons. The van der Waals surface area contributed by atoms with E-state index in [1.165, 1.54) is 11.1 Å². The maximum atomic E-state index is 12.8. The quantitative estimate of drug-likeness (QED) is 0.806. The van der Waals surface area contributed by atoms with Crippen molar-refractivity contribution < 1.29 is 9.90 Å². The molecule has 0 fully saturated rings. The van der Waals surface area contributed by atoms with Gasteiger partial charge >= 0.3 is 6.03 Å². The van der Waals surface area contributed by atoms with Crippen LogP contribution in [0.3, 0.4) is 0 Å². The van der Waals surface area contributed by atoms with Gasteiger partial charge in [-0.25, -0.2) is 4.79 Å². The predicted octanol–water partition coefficient (Wildman–Crippen LogP) is 2.41. The SMILES string of the molecule is CC(CCN(C)C)NC(=O)N(CCO)C1CCCc2ccccc21. The number of aliphatic hydroxyl groups is 1. The van der Waals surface area contributed by atoms with E-state index in [1.807, 2.05) is 32.0 Å². The molecular formula is C19H31N3O2. The number of hydrogen-bond donors (Lipinski definition) is 2. The van der Waals surface area contributed by atoms with E-state index in [-0.39, 0.29) is 24.7 Å². The van der Waals surface area contributed by atoms with Gasteiger partial charge in [0.05, 0.1) is 12.6 Å². The molecule has 0 saturated carbocycles. The predicted molar refractivity (Wildman–Crippen MR) is 97.1 cm³/mol. The number of carbonyl (C=O) groups excluding carboxylic acids is 1. The first-order valence-electron chi connectivity index (χ1n) is 8.93. The molecule has 1 aliphatic carbocycles. The Labute approximate surface area is 145 Å². The summed E-state index contributed by atoms with van der Waals surface area (Å²) in [6.45, 7) is 3.32. The smallest absolute Gasteiger partial charge is 0.318 e. The Morgan fingerprint density at radius 1 is 1.33 bits per heavy atom. The lowest BCUT2D eigenvalue weighted by Gasteiger charge is -2.36. The Balaban J connectivity index is 2.07. The zero-order valence-electron chi connectivity index (χ0n) is 15.2. The highest BCUT2D eigenvalue weighted by Crippen LogP contribution is 2.34. The second-order valence-corrected chi connectivity index (χ2v) is 6.97. The number of urea groups is 1. The first-order chi connectivity index (χ1) is 11.5. The van der Waals surface area contributed by atoms with Crippen LogP contribution in [0.4, 0.5) is 4.79 Å². The lowest BCUT2D eigenvalue weighted by Crippen LogP contribution is -2.47. The third-order valence-corrected chi connectivity index (χ3v) is 4.69. The number of amides is 2. The Bertz CT molecular complexity index is 533. The van der Waals surface area contributed by atoms with Crippen LogP contribution in [0.2, 0.25) is 0 Å².